The van der Waals surface area contributed by atoms with Gasteiger partial charge in [-0.15, -0.1) is 17.5 Å². The summed E-state index contributed by atoms with van der Waals surface area (Å²) < 4.78 is 5.95. The zero-order chi connectivity index (χ0) is 22.9. The van der Waals surface area contributed by atoms with E-state index < -0.39 is 16.7 Å². The van der Waals surface area contributed by atoms with Gasteiger partial charge in [0.2, 0.25) is 5.88 Å². The van der Waals surface area contributed by atoms with Gasteiger partial charge in [0.1, 0.15) is 10.8 Å². The largest absolute Gasteiger partial charge is 0.438 e. The monoisotopic (exact) mass is 438 g/mol. The van der Waals surface area contributed by atoms with E-state index >= 15 is 0 Å². The Morgan fingerprint density at radius 1 is 1.23 bits per heavy atom. The van der Waals surface area contributed by atoms with Gasteiger partial charge in [-0.2, -0.15) is 0 Å². The van der Waals surface area contributed by atoms with Crippen molar-refractivity contribution in [2.24, 2.45) is 10.2 Å². The minimum atomic E-state index is -1.18. The molecule has 0 saturated carbocycles. The lowest BCUT2D eigenvalue weighted by atomic mass is 9.85. The number of nitro groups is 1. The molecular weight excluding hydrogens is 420 g/mol. The molecule has 0 aromatic heterocycles. The summed E-state index contributed by atoms with van der Waals surface area (Å²) in [5, 5.41) is 22.0. The predicted molar refractivity (Wildman–Crippen MR) is 119 cm³/mol. The summed E-state index contributed by atoms with van der Waals surface area (Å²) in [5.74, 6) is -2.12. The summed E-state index contributed by atoms with van der Waals surface area (Å²) in [6.07, 6.45) is 0. The Balaban J connectivity index is 2.23. The van der Waals surface area contributed by atoms with E-state index in [1.54, 1.807) is 0 Å². The number of aryl methyl sites for hydroxylation is 3. The average molecular weight is 438 g/mol. The average Bonchev–Trinajstić information content (AvgIpc) is 2.72. The number of aliphatic imine (C=N–C) groups is 1. The highest BCUT2D eigenvalue weighted by Crippen LogP contribution is 2.37. The van der Waals surface area contributed by atoms with Crippen molar-refractivity contribution in [2.45, 2.75) is 26.7 Å². The van der Waals surface area contributed by atoms with Crippen molar-refractivity contribution in [1.82, 2.24) is 0 Å². The standard InChI is InChI=1S/C21H18N4O5S/c1-10-7-11(2)18(12(3)8-10)30-20-16(19(26)24-27)15(17(22)21(31)23-20)13-5-4-6-14(9-13)25(28)29/h4-9,15,22H,1-3H3,(H,23,31). The number of nitrogens with zero attached hydrogens (tertiary/aromatic N) is 3. The Morgan fingerprint density at radius 3 is 2.45 bits per heavy atom. The van der Waals surface area contributed by atoms with Gasteiger partial charge in [-0.25, -0.2) is 4.99 Å². The van der Waals surface area contributed by atoms with E-state index in [1.165, 1.54) is 24.3 Å². The number of non-ortho nitro benzene ring substituents is 1. The first-order valence-electron chi connectivity index (χ1n) is 9.12. The number of carbonyl (C=O) groups is 1. The molecule has 31 heavy (non-hydrogen) atoms. The molecule has 2 aromatic rings. The van der Waals surface area contributed by atoms with Crippen LogP contribution in [0.2, 0.25) is 0 Å². The molecule has 1 aliphatic heterocycles. The molecule has 10 heteroatoms. The summed E-state index contributed by atoms with van der Waals surface area (Å²) in [4.78, 5) is 38.4. The summed E-state index contributed by atoms with van der Waals surface area (Å²) in [6.45, 7) is 5.58. The van der Waals surface area contributed by atoms with Gasteiger partial charge in [-0.05, 0) is 37.5 Å². The third-order valence-corrected chi connectivity index (χ3v) is 5.13. The van der Waals surface area contributed by atoms with Crippen LogP contribution in [-0.2, 0) is 4.79 Å². The second-order valence-corrected chi connectivity index (χ2v) is 7.50. The lowest BCUT2D eigenvalue weighted by molar-refractivity contribution is -0.384. The number of ether oxygens (including phenoxy) is 1. The lowest BCUT2D eigenvalue weighted by Gasteiger charge is -2.25. The molecule has 1 atom stereocenters. The Bertz CT molecular complexity index is 1180. The maximum atomic E-state index is 12.5. The van der Waals surface area contributed by atoms with E-state index in [0.29, 0.717) is 5.75 Å². The van der Waals surface area contributed by atoms with Gasteiger partial charge in [-0.3, -0.25) is 14.9 Å². The van der Waals surface area contributed by atoms with Crippen LogP contribution in [0.3, 0.4) is 0 Å². The van der Waals surface area contributed by atoms with E-state index in [1.807, 2.05) is 32.9 Å². The number of nitroso groups, excluding NO2 is 1. The number of hydrogen-bond acceptors (Lipinski definition) is 7. The van der Waals surface area contributed by atoms with Crippen LogP contribution in [0.5, 0.6) is 5.75 Å². The Morgan fingerprint density at radius 2 is 1.87 bits per heavy atom. The zero-order valence-corrected chi connectivity index (χ0v) is 17.8. The number of thiol groups is 1. The molecule has 1 unspecified atom stereocenters. The SMILES string of the molecule is Cc1cc(C)c(OC2=C(C(=O)N=O)C(c3cccc([N+](=O)[O-])c3)C(=N)C(S)=N2)c(C)c1. The van der Waals surface area contributed by atoms with Gasteiger partial charge >= 0.3 is 5.91 Å². The number of carbonyl (C=O) groups excluding carboxylic acids is 1. The fourth-order valence-corrected chi connectivity index (χ4v) is 3.75. The molecule has 9 nitrogen and oxygen atoms in total. The topological polar surface area (TPSA) is 135 Å². The van der Waals surface area contributed by atoms with Crippen LogP contribution in [0.15, 0.2) is 58.0 Å². The van der Waals surface area contributed by atoms with Crippen molar-refractivity contribution in [3.63, 3.8) is 0 Å². The molecule has 0 bridgehead atoms. The fourth-order valence-electron chi connectivity index (χ4n) is 3.53. The van der Waals surface area contributed by atoms with Crippen molar-refractivity contribution in [3.8, 4) is 5.75 Å². The van der Waals surface area contributed by atoms with E-state index in [9.17, 15) is 19.8 Å². The van der Waals surface area contributed by atoms with Crippen LogP contribution < -0.4 is 4.74 Å². The molecule has 0 fully saturated rings. The van der Waals surface area contributed by atoms with Crippen molar-refractivity contribution in [3.05, 3.63) is 85.1 Å². The molecule has 1 N–H and O–H groups in total. The van der Waals surface area contributed by atoms with Crippen LogP contribution in [0.4, 0.5) is 5.69 Å². The molecular formula is C21H18N4O5S. The van der Waals surface area contributed by atoms with Crippen molar-refractivity contribution in [1.29, 1.82) is 5.41 Å². The predicted octanol–water partition coefficient (Wildman–Crippen LogP) is 4.55. The van der Waals surface area contributed by atoms with Crippen molar-refractivity contribution < 1.29 is 14.5 Å². The van der Waals surface area contributed by atoms with E-state index in [-0.39, 0.29) is 33.5 Å². The number of amides is 1. The van der Waals surface area contributed by atoms with Gasteiger partial charge in [0.15, 0.2) is 0 Å². The maximum absolute atomic E-state index is 12.5. The highest BCUT2D eigenvalue weighted by molar-refractivity contribution is 7.99. The van der Waals surface area contributed by atoms with Crippen LogP contribution in [0, 0.1) is 41.2 Å². The molecule has 1 heterocycles. The van der Waals surface area contributed by atoms with E-state index in [4.69, 9.17) is 10.1 Å². The van der Waals surface area contributed by atoms with E-state index in [0.717, 1.165) is 16.7 Å². The summed E-state index contributed by atoms with van der Waals surface area (Å²) in [6, 6.07) is 9.22. The number of benzene rings is 2. The van der Waals surface area contributed by atoms with Crippen molar-refractivity contribution in [2.75, 3.05) is 0 Å². The third-order valence-electron chi connectivity index (χ3n) is 4.79. The summed E-state index contributed by atoms with van der Waals surface area (Å²) >= 11 is 4.22. The van der Waals surface area contributed by atoms with Crippen LogP contribution in [0.25, 0.3) is 0 Å². The van der Waals surface area contributed by atoms with Crippen LogP contribution >= 0.6 is 12.6 Å². The first-order chi connectivity index (χ1) is 14.6. The van der Waals surface area contributed by atoms with Crippen LogP contribution in [-0.4, -0.2) is 21.6 Å². The molecule has 3 rings (SSSR count). The number of rotatable bonds is 5. The number of nitro benzene ring substituents is 1. The van der Waals surface area contributed by atoms with Gasteiger partial charge in [0, 0.05) is 17.3 Å². The van der Waals surface area contributed by atoms with Crippen LogP contribution in [0.1, 0.15) is 28.2 Å². The minimum absolute atomic E-state index is 0.0450. The highest BCUT2D eigenvalue weighted by Gasteiger charge is 2.37. The Hall–Kier alpha value is -3.66. The molecule has 158 valence electrons. The van der Waals surface area contributed by atoms with E-state index in [2.05, 4.69) is 22.8 Å². The number of nitrogens with one attached hydrogen (secondary N) is 1. The second kappa shape index (κ2) is 8.60. The lowest BCUT2D eigenvalue weighted by Crippen LogP contribution is -2.29. The van der Waals surface area contributed by atoms with Gasteiger partial charge in [-0.1, -0.05) is 29.8 Å². The van der Waals surface area contributed by atoms with Crippen molar-refractivity contribution >= 4 is 35.0 Å². The molecule has 2 aromatic carbocycles. The summed E-state index contributed by atoms with van der Waals surface area (Å²) in [7, 11) is 0. The quantitative estimate of drug-likeness (QED) is 0.306. The third kappa shape index (κ3) is 4.29. The fraction of sp³-hybridized carbons (Fsp3) is 0.190. The minimum Gasteiger partial charge on any atom is -0.438 e. The first kappa shape index (κ1) is 22.0. The summed E-state index contributed by atoms with van der Waals surface area (Å²) in [5.41, 5.74) is 2.09. The molecule has 1 aliphatic rings. The smallest absolute Gasteiger partial charge is 0.319 e. The Labute approximate surface area is 182 Å². The molecule has 0 aliphatic carbocycles. The highest BCUT2D eigenvalue weighted by atomic mass is 32.1. The Kier molecular flexibility index (Phi) is 6.11. The molecule has 0 saturated heterocycles. The molecule has 0 spiro atoms. The molecule has 1 amide bonds. The molecule has 0 radical (unpaired) electrons. The van der Waals surface area contributed by atoms with Gasteiger partial charge < -0.3 is 10.1 Å². The maximum Gasteiger partial charge on any atom is 0.319 e. The van der Waals surface area contributed by atoms with Gasteiger partial charge in [0.25, 0.3) is 5.69 Å². The van der Waals surface area contributed by atoms with Gasteiger partial charge in [0.05, 0.1) is 22.1 Å². The zero-order valence-electron chi connectivity index (χ0n) is 16.9. The normalized spacial score (nSPS) is 16.1. The number of hydrogen-bond donors (Lipinski definition) is 2. The first-order valence-corrected chi connectivity index (χ1v) is 9.57. The second-order valence-electron chi connectivity index (χ2n) is 7.08.